The summed E-state index contributed by atoms with van der Waals surface area (Å²) in [6.45, 7) is 13.8. The Bertz CT molecular complexity index is 151. The summed E-state index contributed by atoms with van der Waals surface area (Å²) in [5.41, 5.74) is 0.707. The number of hydrogen-bond donors (Lipinski definition) is 0. The van der Waals surface area contributed by atoms with E-state index in [9.17, 15) is 0 Å². The summed E-state index contributed by atoms with van der Waals surface area (Å²) in [6, 6.07) is 0. The van der Waals surface area contributed by atoms with E-state index in [2.05, 4.69) is 27.7 Å². The summed E-state index contributed by atoms with van der Waals surface area (Å²) in [5, 5.41) is 0. The van der Waals surface area contributed by atoms with E-state index in [0.717, 1.165) is 23.7 Å². The van der Waals surface area contributed by atoms with Crippen LogP contribution in [0.2, 0.25) is 0 Å². The highest BCUT2D eigenvalue weighted by Gasteiger charge is 2.59. The topological polar surface area (TPSA) is 0 Å². The van der Waals surface area contributed by atoms with Crippen LogP contribution < -0.4 is 0 Å². The molecule has 0 N–H and O–H groups in total. The number of hydrogen-bond acceptors (Lipinski definition) is 0. The summed E-state index contributed by atoms with van der Waals surface area (Å²) in [4.78, 5) is 0. The van der Waals surface area contributed by atoms with Gasteiger partial charge in [0.1, 0.15) is 0 Å². The molecule has 0 nitrogen and oxygen atoms in total. The Morgan fingerprint density at radius 3 is 1.43 bits per heavy atom. The molecule has 0 heterocycles. The van der Waals surface area contributed by atoms with Crippen molar-refractivity contribution in [2.75, 3.05) is 0 Å². The maximum absolute atomic E-state index is 2.45. The van der Waals surface area contributed by atoms with Crippen molar-refractivity contribution in [1.82, 2.24) is 0 Å². The van der Waals surface area contributed by atoms with Gasteiger partial charge in [0.2, 0.25) is 0 Å². The van der Waals surface area contributed by atoms with Crippen molar-refractivity contribution in [3.8, 4) is 0 Å². The van der Waals surface area contributed by atoms with Crippen LogP contribution in [-0.2, 0) is 0 Å². The SMILES string of the molecule is C.CC.C[C@@H]1CC2[C@H](C[C@H]1C)C2(C)C. The predicted molar refractivity (Wildman–Crippen MR) is 66.4 cm³/mol. The molecule has 0 bridgehead atoms. The first kappa shape index (κ1) is 14.0. The van der Waals surface area contributed by atoms with Gasteiger partial charge in [0, 0.05) is 0 Å². The Balaban J connectivity index is 0.000000531. The molecule has 2 rings (SSSR count). The summed E-state index contributed by atoms with van der Waals surface area (Å²) in [7, 11) is 0. The summed E-state index contributed by atoms with van der Waals surface area (Å²) < 4.78 is 0. The Kier molecular flexibility index (Phi) is 4.68. The van der Waals surface area contributed by atoms with Gasteiger partial charge in [-0.15, -0.1) is 0 Å². The highest BCUT2D eigenvalue weighted by atomic mass is 14.6. The lowest BCUT2D eigenvalue weighted by Crippen LogP contribution is -2.14. The third kappa shape index (κ3) is 2.15. The lowest BCUT2D eigenvalue weighted by molar-refractivity contribution is 0.265. The van der Waals surface area contributed by atoms with Gasteiger partial charge in [-0.1, -0.05) is 49.0 Å². The van der Waals surface area contributed by atoms with Crippen molar-refractivity contribution in [2.24, 2.45) is 29.1 Å². The molecular weight excluding hydrogens is 168 g/mol. The van der Waals surface area contributed by atoms with Gasteiger partial charge in [0.25, 0.3) is 0 Å². The van der Waals surface area contributed by atoms with E-state index in [1.54, 1.807) is 0 Å². The van der Waals surface area contributed by atoms with E-state index < -0.39 is 0 Å². The van der Waals surface area contributed by atoms with Crippen molar-refractivity contribution in [2.45, 2.75) is 61.8 Å². The van der Waals surface area contributed by atoms with Gasteiger partial charge in [0.05, 0.1) is 0 Å². The van der Waals surface area contributed by atoms with Gasteiger partial charge in [-0.2, -0.15) is 0 Å². The molecule has 0 aromatic carbocycles. The van der Waals surface area contributed by atoms with Crippen molar-refractivity contribution >= 4 is 0 Å². The molecule has 0 saturated heterocycles. The molecular formula is C14H30. The molecule has 4 atom stereocenters. The summed E-state index contributed by atoms with van der Waals surface area (Å²) >= 11 is 0. The van der Waals surface area contributed by atoms with Crippen LogP contribution in [0.25, 0.3) is 0 Å². The van der Waals surface area contributed by atoms with Crippen LogP contribution in [-0.4, -0.2) is 0 Å². The van der Waals surface area contributed by atoms with Crippen LogP contribution in [0.4, 0.5) is 0 Å². The predicted octanol–water partition coefficient (Wildman–Crippen LogP) is 4.99. The molecule has 0 aromatic heterocycles. The first-order valence-electron chi connectivity index (χ1n) is 6.03. The molecule has 0 radical (unpaired) electrons. The summed E-state index contributed by atoms with van der Waals surface area (Å²) in [5.74, 6) is 4.12. The fraction of sp³-hybridized carbons (Fsp3) is 1.00. The first-order valence-corrected chi connectivity index (χ1v) is 6.03. The highest BCUT2D eigenvalue weighted by Crippen LogP contribution is 2.66. The second-order valence-corrected chi connectivity index (χ2v) is 5.46. The molecule has 0 heteroatoms. The van der Waals surface area contributed by atoms with E-state index >= 15 is 0 Å². The van der Waals surface area contributed by atoms with E-state index in [1.807, 2.05) is 13.8 Å². The monoisotopic (exact) mass is 198 g/mol. The number of rotatable bonds is 0. The van der Waals surface area contributed by atoms with Gasteiger partial charge >= 0.3 is 0 Å². The number of fused-ring (bicyclic) bond motifs is 1. The molecule has 14 heavy (non-hydrogen) atoms. The van der Waals surface area contributed by atoms with Gasteiger partial charge in [-0.25, -0.2) is 0 Å². The molecule has 2 fully saturated rings. The van der Waals surface area contributed by atoms with Gasteiger partial charge in [-0.3, -0.25) is 0 Å². The van der Waals surface area contributed by atoms with Crippen LogP contribution in [0, 0.1) is 29.1 Å². The Hall–Kier alpha value is 0. The Labute approximate surface area is 91.5 Å². The second-order valence-electron chi connectivity index (χ2n) is 5.46. The minimum Gasteiger partial charge on any atom is -0.0776 e. The maximum atomic E-state index is 2.45. The summed E-state index contributed by atoms with van der Waals surface area (Å²) in [6.07, 6.45) is 3.00. The largest absolute Gasteiger partial charge is 0.0776 e. The standard InChI is InChI=1S/C11H20.C2H6.CH4/c1-7-5-9-10(6-8(7)2)11(9,3)4;1-2;/h7-10H,5-6H2,1-4H3;1-2H3;1H4/t7-,8-,9+,10?;;/m1../s1. The van der Waals surface area contributed by atoms with Crippen molar-refractivity contribution < 1.29 is 0 Å². The zero-order chi connectivity index (χ0) is 10.2. The Morgan fingerprint density at radius 1 is 0.857 bits per heavy atom. The molecule has 0 aliphatic heterocycles. The zero-order valence-electron chi connectivity index (χ0n) is 10.2. The van der Waals surface area contributed by atoms with Gasteiger partial charge < -0.3 is 0 Å². The maximum Gasteiger partial charge on any atom is -0.0292 e. The molecule has 1 unspecified atom stereocenters. The average Bonchev–Trinajstić information content (AvgIpc) is 2.60. The average molecular weight is 198 g/mol. The lowest BCUT2D eigenvalue weighted by atomic mass is 9.82. The second kappa shape index (κ2) is 4.68. The van der Waals surface area contributed by atoms with E-state index in [-0.39, 0.29) is 7.43 Å². The molecule has 0 aromatic rings. The first-order chi connectivity index (χ1) is 6.03. The minimum absolute atomic E-state index is 0. The quantitative estimate of drug-likeness (QED) is 0.514. The van der Waals surface area contributed by atoms with E-state index in [1.165, 1.54) is 12.8 Å². The van der Waals surface area contributed by atoms with E-state index in [0.29, 0.717) is 5.41 Å². The van der Waals surface area contributed by atoms with Crippen LogP contribution in [0.5, 0.6) is 0 Å². The fourth-order valence-electron chi connectivity index (χ4n) is 3.06. The minimum atomic E-state index is 0. The lowest BCUT2D eigenvalue weighted by Gasteiger charge is -2.24. The molecule has 86 valence electrons. The van der Waals surface area contributed by atoms with Crippen LogP contribution >= 0.6 is 0 Å². The van der Waals surface area contributed by atoms with Crippen molar-refractivity contribution in [3.05, 3.63) is 0 Å². The van der Waals surface area contributed by atoms with Crippen molar-refractivity contribution in [3.63, 3.8) is 0 Å². The highest BCUT2D eigenvalue weighted by molar-refractivity contribution is 5.08. The van der Waals surface area contributed by atoms with Gasteiger partial charge in [0.15, 0.2) is 0 Å². The molecule has 0 amide bonds. The van der Waals surface area contributed by atoms with E-state index in [4.69, 9.17) is 0 Å². The molecule has 2 aliphatic carbocycles. The zero-order valence-corrected chi connectivity index (χ0v) is 10.2. The molecule has 0 spiro atoms. The molecule has 2 saturated carbocycles. The van der Waals surface area contributed by atoms with Crippen LogP contribution in [0.3, 0.4) is 0 Å². The molecule has 2 aliphatic rings. The smallest absolute Gasteiger partial charge is 0.0292 e. The third-order valence-electron chi connectivity index (χ3n) is 4.51. The Morgan fingerprint density at radius 2 is 1.14 bits per heavy atom. The fourth-order valence-corrected chi connectivity index (χ4v) is 3.06. The van der Waals surface area contributed by atoms with Crippen LogP contribution in [0.15, 0.2) is 0 Å². The van der Waals surface area contributed by atoms with Crippen molar-refractivity contribution in [1.29, 1.82) is 0 Å². The third-order valence-corrected chi connectivity index (χ3v) is 4.51. The van der Waals surface area contributed by atoms with Crippen LogP contribution in [0.1, 0.15) is 61.8 Å². The normalized spacial score (nSPS) is 42.4. The van der Waals surface area contributed by atoms with Gasteiger partial charge in [-0.05, 0) is 41.9 Å².